The van der Waals surface area contributed by atoms with Crippen LogP contribution in [0.2, 0.25) is 0 Å². The second-order valence-electron chi connectivity index (χ2n) is 5.00. The third-order valence-electron chi connectivity index (χ3n) is 3.16. The minimum Gasteiger partial charge on any atom is -0.450 e. The first-order valence-corrected chi connectivity index (χ1v) is 8.48. The zero-order valence-electron chi connectivity index (χ0n) is 13.7. The summed E-state index contributed by atoms with van der Waals surface area (Å²) in [5.74, 6) is -1.26. The summed E-state index contributed by atoms with van der Waals surface area (Å²) in [6.45, 7) is 1.10. The monoisotopic (exact) mass is 374 g/mol. The normalized spacial score (nSPS) is 10.5. The van der Waals surface area contributed by atoms with Crippen LogP contribution in [0.4, 0.5) is 4.79 Å². The molecule has 2 heterocycles. The molecular formula is C17H14N2O6S. The highest BCUT2D eigenvalue weighted by Crippen LogP contribution is 2.31. The lowest BCUT2D eigenvalue weighted by Gasteiger charge is -2.04. The molecular weight excluding hydrogens is 360 g/mol. The van der Waals surface area contributed by atoms with Crippen LogP contribution < -0.4 is 5.32 Å². The molecule has 26 heavy (non-hydrogen) atoms. The molecule has 0 atom stereocenters. The standard InChI is InChI=1S/C17H14N2O6S/c1-2-23-17(22)19-14(20)9-24-16(21)12-8-7-11(25-12)15-18-10-5-3-4-6-13(10)26-15/h3-8H,2,9H2,1H3,(H,19,20,22). The number of imide groups is 1. The number of hydrogen-bond acceptors (Lipinski definition) is 8. The molecule has 0 saturated heterocycles. The van der Waals surface area contributed by atoms with Gasteiger partial charge in [-0.15, -0.1) is 11.3 Å². The third kappa shape index (κ3) is 4.06. The van der Waals surface area contributed by atoms with Crippen molar-refractivity contribution in [2.45, 2.75) is 6.92 Å². The lowest BCUT2D eigenvalue weighted by Crippen LogP contribution is -2.34. The first kappa shape index (κ1) is 17.6. The summed E-state index contributed by atoms with van der Waals surface area (Å²) in [4.78, 5) is 38.9. The van der Waals surface area contributed by atoms with Crippen molar-refractivity contribution in [3.8, 4) is 10.8 Å². The van der Waals surface area contributed by atoms with Gasteiger partial charge in [0.15, 0.2) is 17.4 Å². The van der Waals surface area contributed by atoms with E-state index in [1.807, 2.05) is 29.6 Å². The second-order valence-corrected chi connectivity index (χ2v) is 6.03. The average Bonchev–Trinajstić information content (AvgIpc) is 3.26. The number of thiazole rings is 1. The number of carbonyl (C=O) groups is 3. The number of nitrogens with one attached hydrogen (secondary N) is 1. The minimum absolute atomic E-state index is 0.0665. The Morgan fingerprint density at radius 3 is 2.73 bits per heavy atom. The van der Waals surface area contributed by atoms with Crippen molar-refractivity contribution in [1.82, 2.24) is 10.3 Å². The lowest BCUT2D eigenvalue weighted by molar-refractivity contribution is -0.123. The van der Waals surface area contributed by atoms with E-state index in [0.29, 0.717) is 10.8 Å². The molecule has 1 N–H and O–H groups in total. The van der Waals surface area contributed by atoms with E-state index in [1.54, 1.807) is 13.0 Å². The van der Waals surface area contributed by atoms with Crippen LogP contribution >= 0.6 is 11.3 Å². The van der Waals surface area contributed by atoms with Gasteiger partial charge in [0.2, 0.25) is 5.76 Å². The molecule has 3 aromatic rings. The van der Waals surface area contributed by atoms with Gasteiger partial charge >= 0.3 is 12.1 Å². The molecule has 0 fully saturated rings. The second kappa shape index (κ2) is 7.79. The van der Waals surface area contributed by atoms with Gasteiger partial charge < -0.3 is 13.9 Å². The predicted octanol–water partition coefficient (Wildman–Crippen LogP) is 2.99. The molecule has 0 saturated carbocycles. The predicted molar refractivity (Wildman–Crippen MR) is 92.8 cm³/mol. The van der Waals surface area contributed by atoms with Gasteiger partial charge in [-0.3, -0.25) is 10.1 Å². The van der Waals surface area contributed by atoms with E-state index in [4.69, 9.17) is 9.15 Å². The van der Waals surface area contributed by atoms with Crippen LogP contribution in [0.3, 0.4) is 0 Å². The summed E-state index contributed by atoms with van der Waals surface area (Å²) in [5, 5.41) is 2.55. The molecule has 2 aromatic heterocycles. The first-order valence-electron chi connectivity index (χ1n) is 7.66. The van der Waals surface area contributed by atoms with Gasteiger partial charge in [-0.05, 0) is 31.2 Å². The first-order chi connectivity index (χ1) is 12.6. The Labute approximate surface area is 151 Å². The smallest absolute Gasteiger partial charge is 0.413 e. The van der Waals surface area contributed by atoms with Crippen LogP contribution in [0.5, 0.6) is 0 Å². The van der Waals surface area contributed by atoms with Crippen molar-refractivity contribution in [3.05, 3.63) is 42.2 Å². The Hall–Kier alpha value is -3.20. The van der Waals surface area contributed by atoms with Crippen molar-refractivity contribution >= 4 is 39.5 Å². The van der Waals surface area contributed by atoms with Crippen molar-refractivity contribution < 1.29 is 28.3 Å². The summed E-state index contributed by atoms with van der Waals surface area (Å²) in [6, 6.07) is 10.7. The fraction of sp³-hybridized carbons (Fsp3) is 0.176. The van der Waals surface area contributed by atoms with Crippen LogP contribution in [0, 0.1) is 0 Å². The highest BCUT2D eigenvalue weighted by atomic mass is 32.1. The Kier molecular flexibility index (Phi) is 5.28. The fourth-order valence-electron chi connectivity index (χ4n) is 2.06. The number of hydrogen-bond donors (Lipinski definition) is 1. The number of fused-ring (bicyclic) bond motifs is 1. The number of carbonyl (C=O) groups excluding carboxylic acids is 3. The molecule has 1 aromatic carbocycles. The number of amides is 2. The maximum atomic E-state index is 11.9. The van der Waals surface area contributed by atoms with Crippen molar-refractivity contribution in [1.29, 1.82) is 0 Å². The number of furan rings is 1. The van der Waals surface area contributed by atoms with Crippen molar-refractivity contribution in [2.75, 3.05) is 13.2 Å². The highest BCUT2D eigenvalue weighted by Gasteiger charge is 2.18. The van der Waals surface area contributed by atoms with Crippen molar-refractivity contribution in [2.24, 2.45) is 0 Å². The molecule has 9 heteroatoms. The van der Waals surface area contributed by atoms with Gasteiger partial charge in [0.1, 0.15) is 0 Å². The van der Waals surface area contributed by atoms with Crippen LogP contribution in [0.1, 0.15) is 17.5 Å². The molecule has 0 aliphatic carbocycles. The number of aromatic nitrogens is 1. The fourth-order valence-corrected chi connectivity index (χ4v) is 2.99. The van der Waals surface area contributed by atoms with Crippen LogP contribution in [-0.4, -0.2) is 36.2 Å². The van der Waals surface area contributed by atoms with Gasteiger partial charge in [0.05, 0.1) is 16.8 Å². The van der Waals surface area contributed by atoms with E-state index in [1.165, 1.54) is 17.4 Å². The van der Waals surface area contributed by atoms with E-state index in [0.717, 1.165) is 10.2 Å². The number of ether oxygens (including phenoxy) is 2. The van der Waals surface area contributed by atoms with Gasteiger partial charge in [0.25, 0.3) is 5.91 Å². The topological polar surface area (TPSA) is 108 Å². The Morgan fingerprint density at radius 2 is 1.96 bits per heavy atom. The number of para-hydroxylation sites is 1. The van der Waals surface area contributed by atoms with E-state index < -0.39 is 24.6 Å². The summed E-state index contributed by atoms with van der Waals surface area (Å²) in [5.41, 5.74) is 0.837. The van der Waals surface area contributed by atoms with Crippen LogP contribution in [0.25, 0.3) is 21.0 Å². The molecule has 0 radical (unpaired) electrons. The summed E-state index contributed by atoms with van der Waals surface area (Å²) in [6.07, 6.45) is -0.898. The molecule has 134 valence electrons. The van der Waals surface area contributed by atoms with E-state index >= 15 is 0 Å². The SMILES string of the molecule is CCOC(=O)NC(=O)COC(=O)c1ccc(-c2nc3ccccc3s2)o1. The number of rotatable bonds is 5. The third-order valence-corrected chi connectivity index (χ3v) is 4.21. The molecule has 2 amide bonds. The summed E-state index contributed by atoms with van der Waals surface area (Å²) >= 11 is 1.43. The number of nitrogens with zero attached hydrogens (tertiary/aromatic N) is 1. The average molecular weight is 374 g/mol. The van der Waals surface area contributed by atoms with E-state index in [-0.39, 0.29) is 12.4 Å². The molecule has 0 aliphatic heterocycles. The van der Waals surface area contributed by atoms with Crippen molar-refractivity contribution in [3.63, 3.8) is 0 Å². The Morgan fingerprint density at radius 1 is 1.15 bits per heavy atom. The number of benzene rings is 1. The zero-order chi connectivity index (χ0) is 18.5. The molecule has 0 unspecified atom stereocenters. The maximum absolute atomic E-state index is 11.9. The summed E-state index contributed by atoms with van der Waals surface area (Å²) in [7, 11) is 0. The Bertz CT molecular complexity index is 928. The number of alkyl carbamates (subject to hydrolysis) is 1. The molecule has 0 spiro atoms. The van der Waals surface area contributed by atoms with Gasteiger partial charge in [0, 0.05) is 0 Å². The van der Waals surface area contributed by atoms with Crippen LogP contribution in [-0.2, 0) is 14.3 Å². The van der Waals surface area contributed by atoms with Gasteiger partial charge in [-0.2, -0.15) is 0 Å². The number of esters is 1. The van der Waals surface area contributed by atoms with E-state index in [2.05, 4.69) is 9.72 Å². The van der Waals surface area contributed by atoms with Gasteiger partial charge in [-0.1, -0.05) is 12.1 Å². The molecule has 0 aliphatic rings. The Balaban J connectivity index is 1.61. The van der Waals surface area contributed by atoms with Gasteiger partial charge in [-0.25, -0.2) is 14.6 Å². The largest absolute Gasteiger partial charge is 0.450 e. The lowest BCUT2D eigenvalue weighted by atomic mass is 10.3. The quantitative estimate of drug-likeness (QED) is 0.684. The highest BCUT2D eigenvalue weighted by molar-refractivity contribution is 7.21. The summed E-state index contributed by atoms with van der Waals surface area (Å²) < 4.78 is 15.8. The minimum atomic E-state index is -0.898. The van der Waals surface area contributed by atoms with E-state index in [9.17, 15) is 14.4 Å². The maximum Gasteiger partial charge on any atom is 0.413 e. The van der Waals surface area contributed by atoms with Crippen LogP contribution in [0.15, 0.2) is 40.8 Å². The molecule has 3 rings (SSSR count). The zero-order valence-corrected chi connectivity index (χ0v) is 14.5. The molecule has 8 nitrogen and oxygen atoms in total. The molecule has 0 bridgehead atoms.